The zero-order chi connectivity index (χ0) is 21.6. The van der Waals surface area contributed by atoms with Gasteiger partial charge in [-0.2, -0.15) is 0 Å². The SMILES string of the molecule is CCCCc1c(/N=N/Nc2ccc(Cl)c(Cl)c2)n(Cc2ccccc2)c2ccccc12.Cl. The lowest BCUT2D eigenvalue weighted by Crippen LogP contribution is -1.99. The number of hydrogen-bond acceptors (Lipinski definition) is 2. The molecule has 0 saturated heterocycles. The molecule has 3 aromatic carbocycles. The predicted octanol–water partition coefficient (Wildman–Crippen LogP) is 8.87. The Morgan fingerprint density at radius 1 is 0.906 bits per heavy atom. The number of hydrogen-bond donors (Lipinski definition) is 1. The highest BCUT2D eigenvalue weighted by Crippen LogP contribution is 2.35. The van der Waals surface area contributed by atoms with Crippen molar-refractivity contribution < 1.29 is 0 Å². The molecule has 0 unspecified atom stereocenters. The van der Waals surface area contributed by atoms with E-state index in [2.05, 4.69) is 75.8 Å². The number of unbranched alkanes of at least 4 members (excludes halogenated alkanes) is 1. The second-order valence-corrected chi connectivity index (χ2v) is 8.25. The summed E-state index contributed by atoms with van der Waals surface area (Å²) in [4.78, 5) is 0. The van der Waals surface area contributed by atoms with E-state index in [1.165, 1.54) is 22.0 Å². The monoisotopic (exact) mass is 486 g/mol. The van der Waals surface area contributed by atoms with E-state index in [-0.39, 0.29) is 12.4 Å². The molecule has 4 nitrogen and oxygen atoms in total. The lowest BCUT2D eigenvalue weighted by atomic mass is 10.1. The third-order valence-electron chi connectivity index (χ3n) is 5.25. The van der Waals surface area contributed by atoms with Gasteiger partial charge in [0.15, 0.2) is 5.82 Å². The van der Waals surface area contributed by atoms with Crippen LogP contribution in [-0.4, -0.2) is 4.57 Å². The van der Waals surface area contributed by atoms with Gasteiger partial charge in [0.1, 0.15) is 0 Å². The minimum Gasteiger partial charge on any atom is -0.320 e. The topological polar surface area (TPSA) is 41.7 Å². The molecule has 0 aliphatic heterocycles. The van der Waals surface area contributed by atoms with Crippen molar-refractivity contribution in [3.63, 3.8) is 0 Å². The van der Waals surface area contributed by atoms with Crippen molar-refractivity contribution in [3.05, 3.63) is 94.0 Å². The molecule has 0 amide bonds. The largest absolute Gasteiger partial charge is 0.320 e. The summed E-state index contributed by atoms with van der Waals surface area (Å²) >= 11 is 12.1. The molecule has 4 aromatic rings. The van der Waals surface area contributed by atoms with Crippen LogP contribution < -0.4 is 5.43 Å². The van der Waals surface area contributed by atoms with E-state index in [0.717, 1.165) is 37.3 Å². The first-order chi connectivity index (χ1) is 15.2. The zero-order valence-electron chi connectivity index (χ0n) is 17.8. The molecule has 0 radical (unpaired) electrons. The Labute approximate surface area is 204 Å². The van der Waals surface area contributed by atoms with Crippen molar-refractivity contribution in [1.82, 2.24) is 4.57 Å². The van der Waals surface area contributed by atoms with Gasteiger partial charge in [0, 0.05) is 17.5 Å². The van der Waals surface area contributed by atoms with Gasteiger partial charge < -0.3 is 4.57 Å². The molecule has 32 heavy (non-hydrogen) atoms. The van der Waals surface area contributed by atoms with Gasteiger partial charge in [-0.25, -0.2) is 0 Å². The van der Waals surface area contributed by atoms with Crippen molar-refractivity contribution >= 4 is 58.0 Å². The van der Waals surface area contributed by atoms with E-state index in [4.69, 9.17) is 23.2 Å². The summed E-state index contributed by atoms with van der Waals surface area (Å²) < 4.78 is 2.25. The maximum Gasteiger partial charge on any atom is 0.161 e. The Morgan fingerprint density at radius 2 is 1.66 bits per heavy atom. The molecule has 7 heteroatoms. The minimum absolute atomic E-state index is 0. The number of halogens is 3. The highest BCUT2D eigenvalue weighted by molar-refractivity contribution is 6.42. The highest BCUT2D eigenvalue weighted by Gasteiger charge is 2.17. The Kier molecular flexibility index (Phi) is 8.57. The summed E-state index contributed by atoms with van der Waals surface area (Å²) in [5.74, 6) is 0.881. The summed E-state index contributed by atoms with van der Waals surface area (Å²) in [7, 11) is 0. The molecule has 1 heterocycles. The first-order valence-electron chi connectivity index (χ1n) is 10.4. The summed E-state index contributed by atoms with van der Waals surface area (Å²) in [6.07, 6.45) is 3.18. The molecule has 0 saturated carbocycles. The fourth-order valence-electron chi connectivity index (χ4n) is 3.70. The molecular formula is C25H25Cl3N4. The van der Waals surface area contributed by atoms with Crippen LogP contribution in [0.5, 0.6) is 0 Å². The van der Waals surface area contributed by atoms with Gasteiger partial charge in [-0.3, -0.25) is 5.43 Å². The lowest BCUT2D eigenvalue weighted by molar-refractivity contribution is 0.780. The first-order valence-corrected chi connectivity index (χ1v) is 11.2. The molecular weight excluding hydrogens is 463 g/mol. The Hall–Kier alpha value is -2.53. The summed E-state index contributed by atoms with van der Waals surface area (Å²) in [6, 6.07) is 24.2. The predicted molar refractivity (Wildman–Crippen MR) is 138 cm³/mol. The summed E-state index contributed by atoms with van der Waals surface area (Å²) in [5, 5.41) is 11.2. The van der Waals surface area contributed by atoms with Crippen LogP contribution in [0.15, 0.2) is 83.1 Å². The van der Waals surface area contributed by atoms with Crippen LogP contribution in [0.4, 0.5) is 11.5 Å². The number of para-hydroxylation sites is 1. The molecule has 166 valence electrons. The third kappa shape index (κ3) is 5.44. The Bertz CT molecular complexity index is 1200. The van der Waals surface area contributed by atoms with E-state index >= 15 is 0 Å². The molecule has 0 aliphatic carbocycles. The summed E-state index contributed by atoms with van der Waals surface area (Å²) in [6.45, 7) is 2.94. The van der Waals surface area contributed by atoms with Gasteiger partial charge in [0.05, 0.1) is 21.2 Å². The number of nitrogens with one attached hydrogen (secondary N) is 1. The van der Waals surface area contributed by atoms with Gasteiger partial charge in [0.2, 0.25) is 0 Å². The van der Waals surface area contributed by atoms with Gasteiger partial charge in [-0.1, -0.05) is 90.3 Å². The number of anilines is 1. The average molecular weight is 488 g/mol. The van der Waals surface area contributed by atoms with Crippen LogP contribution in [0.2, 0.25) is 10.0 Å². The molecule has 0 atom stereocenters. The number of nitrogens with zero attached hydrogens (tertiary/aromatic N) is 3. The van der Waals surface area contributed by atoms with Crippen LogP contribution in [0.3, 0.4) is 0 Å². The second kappa shape index (κ2) is 11.4. The molecule has 0 aliphatic rings. The van der Waals surface area contributed by atoms with Crippen LogP contribution in [0.25, 0.3) is 10.9 Å². The molecule has 1 N–H and O–H groups in total. The summed E-state index contributed by atoms with van der Waals surface area (Å²) in [5.41, 5.74) is 7.34. The molecule has 0 fully saturated rings. The van der Waals surface area contributed by atoms with Gasteiger partial charge in [0.25, 0.3) is 0 Å². The van der Waals surface area contributed by atoms with E-state index in [1.807, 2.05) is 12.1 Å². The number of aromatic nitrogens is 1. The number of fused-ring (bicyclic) bond motifs is 1. The van der Waals surface area contributed by atoms with Gasteiger partial charge in [-0.05, 0) is 42.7 Å². The van der Waals surface area contributed by atoms with Crippen molar-refractivity contribution in [2.24, 2.45) is 10.3 Å². The molecule has 4 rings (SSSR count). The highest BCUT2D eigenvalue weighted by atomic mass is 35.5. The fourth-order valence-corrected chi connectivity index (χ4v) is 4.00. The minimum atomic E-state index is 0. The Balaban J connectivity index is 0.00000289. The van der Waals surface area contributed by atoms with Crippen molar-refractivity contribution in [1.29, 1.82) is 0 Å². The smallest absolute Gasteiger partial charge is 0.161 e. The average Bonchev–Trinajstić information content (AvgIpc) is 3.08. The van der Waals surface area contributed by atoms with Crippen molar-refractivity contribution in [2.45, 2.75) is 32.7 Å². The fraction of sp³-hybridized carbons (Fsp3) is 0.200. The first kappa shape index (κ1) is 24.1. The number of benzene rings is 3. The van der Waals surface area contributed by atoms with E-state index < -0.39 is 0 Å². The van der Waals surface area contributed by atoms with Gasteiger partial charge in [-0.15, -0.1) is 17.5 Å². The van der Waals surface area contributed by atoms with Crippen LogP contribution in [0, 0.1) is 0 Å². The quantitative estimate of drug-likeness (QED) is 0.196. The van der Waals surface area contributed by atoms with Crippen LogP contribution in [0.1, 0.15) is 30.9 Å². The van der Waals surface area contributed by atoms with Crippen molar-refractivity contribution in [3.8, 4) is 0 Å². The number of rotatable bonds is 8. The zero-order valence-corrected chi connectivity index (χ0v) is 20.1. The normalized spacial score (nSPS) is 11.1. The van der Waals surface area contributed by atoms with Gasteiger partial charge >= 0.3 is 0 Å². The lowest BCUT2D eigenvalue weighted by Gasteiger charge is -2.09. The molecule has 0 bridgehead atoms. The standard InChI is InChI=1S/C25H24Cl2N4.ClH/c1-2-3-11-21-20-12-7-8-13-24(20)31(17-18-9-5-4-6-10-18)25(21)29-30-28-19-14-15-22(26)23(27)16-19;/h4-10,12-16H,2-3,11,17H2,1H3,(H,28,29);1H. The maximum atomic E-state index is 6.11. The van der Waals surface area contributed by atoms with E-state index in [0.29, 0.717) is 10.0 Å². The third-order valence-corrected chi connectivity index (χ3v) is 5.99. The second-order valence-electron chi connectivity index (χ2n) is 7.44. The van der Waals surface area contributed by atoms with E-state index in [9.17, 15) is 0 Å². The maximum absolute atomic E-state index is 6.11. The van der Waals surface area contributed by atoms with Crippen molar-refractivity contribution in [2.75, 3.05) is 5.43 Å². The molecule has 1 aromatic heterocycles. The van der Waals surface area contributed by atoms with Crippen LogP contribution in [-0.2, 0) is 13.0 Å². The van der Waals surface area contributed by atoms with Crippen LogP contribution >= 0.6 is 35.6 Å². The molecule has 0 spiro atoms. The Morgan fingerprint density at radius 3 is 2.41 bits per heavy atom. The van der Waals surface area contributed by atoms with E-state index in [1.54, 1.807) is 12.1 Å². The number of aryl methyl sites for hydroxylation is 1.